The molecule has 4 fully saturated rings. The summed E-state index contributed by atoms with van der Waals surface area (Å²) in [6, 6.07) is 0. The number of allylic oxidation sites excluding steroid dienone is 2. The lowest BCUT2D eigenvalue weighted by atomic mass is 9.47. The number of aliphatic hydroxyl groups is 1. The Morgan fingerprint density at radius 1 is 1.13 bits per heavy atom. The third-order valence-corrected chi connectivity index (χ3v) is 10.5. The van der Waals surface area contributed by atoms with Gasteiger partial charge in [0, 0.05) is 11.8 Å². The number of esters is 1. The van der Waals surface area contributed by atoms with Crippen molar-refractivity contribution in [1.82, 2.24) is 0 Å². The summed E-state index contributed by atoms with van der Waals surface area (Å²) in [4.78, 5) is 12.1. The van der Waals surface area contributed by atoms with Crippen molar-refractivity contribution in [2.24, 2.45) is 46.3 Å². The number of ether oxygens (including phenoxy) is 1. The minimum Gasteiger partial charge on any atom is -0.433 e. The summed E-state index contributed by atoms with van der Waals surface area (Å²) in [5, 5.41) is 11.2. The Morgan fingerprint density at radius 2 is 1.87 bits per heavy atom. The van der Waals surface area contributed by atoms with Crippen molar-refractivity contribution in [1.29, 1.82) is 0 Å². The molecule has 30 heavy (non-hydrogen) atoms. The maximum Gasteiger partial charge on any atom is 0.309 e. The van der Waals surface area contributed by atoms with E-state index in [2.05, 4.69) is 47.6 Å². The predicted molar refractivity (Wildman–Crippen MR) is 121 cm³/mol. The van der Waals surface area contributed by atoms with Crippen molar-refractivity contribution in [3.05, 3.63) is 11.6 Å². The average molecular weight is 417 g/mol. The van der Waals surface area contributed by atoms with Gasteiger partial charge in [-0.15, -0.1) is 0 Å². The molecular weight excluding hydrogens is 372 g/mol. The minimum atomic E-state index is -1.22. The second-order valence-electron chi connectivity index (χ2n) is 12.0. The van der Waals surface area contributed by atoms with Crippen LogP contribution in [0.5, 0.6) is 0 Å². The van der Waals surface area contributed by atoms with Crippen LogP contribution >= 0.6 is 0 Å². The summed E-state index contributed by atoms with van der Waals surface area (Å²) in [5.74, 6) is 2.62. The van der Waals surface area contributed by atoms with E-state index in [1.165, 1.54) is 32.1 Å². The van der Waals surface area contributed by atoms with E-state index in [9.17, 15) is 9.90 Å². The van der Waals surface area contributed by atoms with E-state index in [0.717, 1.165) is 30.6 Å². The van der Waals surface area contributed by atoms with Crippen molar-refractivity contribution >= 4 is 5.97 Å². The van der Waals surface area contributed by atoms with Gasteiger partial charge in [-0.3, -0.25) is 4.79 Å². The van der Waals surface area contributed by atoms with E-state index in [0.29, 0.717) is 36.0 Å². The van der Waals surface area contributed by atoms with Crippen molar-refractivity contribution in [2.75, 3.05) is 0 Å². The molecule has 1 heterocycles. The van der Waals surface area contributed by atoms with Gasteiger partial charge in [0.05, 0.1) is 6.42 Å². The second-order valence-corrected chi connectivity index (χ2v) is 12.0. The second kappa shape index (κ2) is 7.64. The maximum absolute atomic E-state index is 12.1. The fourth-order valence-corrected chi connectivity index (χ4v) is 8.72. The van der Waals surface area contributed by atoms with Crippen molar-refractivity contribution in [3.63, 3.8) is 0 Å². The molecule has 0 amide bonds. The maximum atomic E-state index is 12.1. The van der Waals surface area contributed by atoms with E-state index in [-0.39, 0.29) is 5.97 Å². The van der Waals surface area contributed by atoms with Gasteiger partial charge in [-0.2, -0.15) is 0 Å². The molecule has 0 spiro atoms. The number of rotatable bonds is 5. The van der Waals surface area contributed by atoms with Crippen molar-refractivity contribution < 1.29 is 14.6 Å². The Kier molecular flexibility index (Phi) is 5.70. The fraction of sp³-hybridized carbons (Fsp3) is 0.889. The number of carbonyl (C=O) groups excluding carboxylic acids is 1. The molecule has 8 atom stereocenters. The molecule has 1 saturated heterocycles. The average Bonchev–Trinajstić information content (AvgIpc) is 3.14. The van der Waals surface area contributed by atoms with Gasteiger partial charge < -0.3 is 9.84 Å². The fourth-order valence-electron chi connectivity index (χ4n) is 8.72. The van der Waals surface area contributed by atoms with Crippen LogP contribution < -0.4 is 0 Å². The zero-order valence-electron chi connectivity index (χ0n) is 20.2. The Bertz CT molecular complexity index is 711. The SMILES string of the molecule is C/C=C(\CC[C@@H](C)[C@H]1CCC2C3CC[C@@]4(O)OC(=O)C[C@]4(C)C3CC[C@@]21C)C(C)C. The highest BCUT2D eigenvalue weighted by molar-refractivity contribution is 5.73. The van der Waals surface area contributed by atoms with E-state index in [4.69, 9.17) is 4.74 Å². The highest BCUT2D eigenvalue weighted by atomic mass is 16.7. The molecule has 4 rings (SSSR count). The summed E-state index contributed by atoms with van der Waals surface area (Å²) >= 11 is 0. The smallest absolute Gasteiger partial charge is 0.309 e. The summed E-state index contributed by atoms with van der Waals surface area (Å²) in [5.41, 5.74) is 1.63. The van der Waals surface area contributed by atoms with Crippen molar-refractivity contribution in [3.8, 4) is 0 Å². The largest absolute Gasteiger partial charge is 0.433 e. The molecular formula is C27H44O3. The van der Waals surface area contributed by atoms with Crippen LogP contribution in [0.3, 0.4) is 0 Å². The molecule has 1 aliphatic heterocycles. The van der Waals surface area contributed by atoms with Gasteiger partial charge >= 0.3 is 5.97 Å². The van der Waals surface area contributed by atoms with Crippen LogP contribution in [-0.4, -0.2) is 16.9 Å². The topological polar surface area (TPSA) is 46.5 Å². The minimum absolute atomic E-state index is 0.197. The lowest BCUT2D eigenvalue weighted by Gasteiger charge is -2.58. The van der Waals surface area contributed by atoms with Crippen LogP contribution in [0.2, 0.25) is 0 Å². The summed E-state index contributed by atoms with van der Waals surface area (Å²) in [6.45, 7) is 14.0. The lowest BCUT2D eigenvalue weighted by Crippen LogP contribution is -2.58. The van der Waals surface area contributed by atoms with E-state index >= 15 is 0 Å². The van der Waals surface area contributed by atoms with Crippen molar-refractivity contribution in [2.45, 2.75) is 105 Å². The molecule has 3 nitrogen and oxygen atoms in total. The predicted octanol–water partition coefficient (Wildman–Crippen LogP) is 6.50. The van der Waals surface area contributed by atoms with Crippen LogP contribution in [0, 0.1) is 46.3 Å². The molecule has 0 aromatic rings. The molecule has 3 heteroatoms. The zero-order chi connectivity index (χ0) is 21.9. The van der Waals surface area contributed by atoms with Gasteiger partial charge in [-0.25, -0.2) is 0 Å². The molecule has 1 N–H and O–H groups in total. The first-order chi connectivity index (χ1) is 14.1. The number of hydrogen-bond acceptors (Lipinski definition) is 3. The highest BCUT2D eigenvalue weighted by Gasteiger charge is 2.68. The monoisotopic (exact) mass is 416 g/mol. The van der Waals surface area contributed by atoms with E-state index in [1.807, 2.05) is 0 Å². The molecule has 170 valence electrons. The molecule has 3 saturated carbocycles. The first kappa shape index (κ1) is 22.4. The highest BCUT2D eigenvalue weighted by Crippen LogP contribution is 2.69. The lowest BCUT2D eigenvalue weighted by molar-refractivity contribution is -0.269. The van der Waals surface area contributed by atoms with E-state index < -0.39 is 11.2 Å². The van der Waals surface area contributed by atoms with Gasteiger partial charge in [0.25, 0.3) is 0 Å². The van der Waals surface area contributed by atoms with Gasteiger partial charge in [0.2, 0.25) is 5.79 Å². The number of hydrogen-bond donors (Lipinski definition) is 1. The molecule has 0 aromatic carbocycles. The Hall–Kier alpha value is -0.830. The molecule has 3 aliphatic carbocycles. The molecule has 0 radical (unpaired) electrons. The molecule has 0 bridgehead atoms. The van der Waals surface area contributed by atoms with Crippen LogP contribution in [0.4, 0.5) is 0 Å². The van der Waals surface area contributed by atoms with Crippen LogP contribution in [0.1, 0.15) is 99.3 Å². The van der Waals surface area contributed by atoms with Crippen LogP contribution in [0.25, 0.3) is 0 Å². The zero-order valence-corrected chi connectivity index (χ0v) is 20.2. The third kappa shape index (κ3) is 3.21. The Balaban J connectivity index is 1.50. The molecule has 3 unspecified atom stereocenters. The first-order valence-corrected chi connectivity index (χ1v) is 12.6. The Labute approximate surface area is 184 Å². The first-order valence-electron chi connectivity index (χ1n) is 12.6. The Morgan fingerprint density at radius 3 is 2.53 bits per heavy atom. The van der Waals surface area contributed by atoms with Gasteiger partial charge in [0.15, 0.2) is 0 Å². The molecule has 0 aromatic heterocycles. The van der Waals surface area contributed by atoms with Gasteiger partial charge in [0.1, 0.15) is 0 Å². The third-order valence-electron chi connectivity index (χ3n) is 10.5. The van der Waals surface area contributed by atoms with Crippen LogP contribution in [0.15, 0.2) is 11.6 Å². The number of fused-ring (bicyclic) bond motifs is 5. The standard InChI is InChI=1S/C27H44O3/c1-7-19(17(2)3)9-8-18(4)21-10-11-22-20-12-15-27(29)26(6,16-24(28)30-27)23(20)13-14-25(21,22)5/h7,17-18,20-23,29H,8-16H2,1-6H3/b19-7+/t18-,20?,21-,22?,23?,25-,26-,27-/m1/s1. The number of carbonyl (C=O) groups is 1. The van der Waals surface area contributed by atoms with Crippen LogP contribution in [-0.2, 0) is 9.53 Å². The van der Waals surface area contributed by atoms with Gasteiger partial charge in [-0.05, 0) is 92.8 Å². The quantitative estimate of drug-likeness (QED) is 0.411. The summed E-state index contributed by atoms with van der Waals surface area (Å²) < 4.78 is 5.50. The van der Waals surface area contributed by atoms with Gasteiger partial charge in [-0.1, -0.05) is 46.3 Å². The normalized spacial score (nSPS) is 46.9. The van der Waals surface area contributed by atoms with E-state index in [1.54, 1.807) is 5.57 Å². The molecule has 4 aliphatic rings. The summed E-state index contributed by atoms with van der Waals surface area (Å²) in [6.07, 6.45) is 12.0. The summed E-state index contributed by atoms with van der Waals surface area (Å²) in [7, 11) is 0.